The largest absolute Gasteiger partial charge is 0.302 e. The van der Waals surface area contributed by atoms with Crippen LogP contribution in [-0.4, -0.2) is 25.0 Å². The first-order valence-corrected chi connectivity index (χ1v) is 2.84. The fourth-order valence-corrected chi connectivity index (χ4v) is 0.349. The second-order valence-electron chi connectivity index (χ2n) is 1.76. The fourth-order valence-electron chi connectivity index (χ4n) is 0.349. The molecule has 0 heterocycles. The van der Waals surface area contributed by atoms with Gasteiger partial charge >= 0.3 is 0 Å². The molecule has 0 aromatic rings. The van der Waals surface area contributed by atoms with E-state index in [-0.39, 0.29) is 0 Å². The molecule has 0 aromatic heterocycles. The third-order valence-corrected chi connectivity index (χ3v) is 1.09. The Morgan fingerprint density at radius 1 is 1.75 bits per heavy atom. The Balaban J connectivity index is 3.23. The van der Waals surface area contributed by atoms with Gasteiger partial charge in [0.25, 0.3) is 0 Å². The summed E-state index contributed by atoms with van der Waals surface area (Å²) in [6.45, 7) is 7.62. The first kappa shape index (κ1) is 7.48. The molecule has 0 aromatic carbocycles. The van der Waals surface area contributed by atoms with Crippen molar-refractivity contribution in [2.75, 3.05) is 20.1 Å². The van der Waals surface area contributed by atoms with E-state index in [0.29, 0.717) is 0 Å². The minimum atomic E-state index is 0.958. The fraction of sp³-hybridized carbons (Fsp3) is 0.571. The van der Waals surface area contributed by atoms with Crippen molar-refractivity contribution in [1.82, 2.24) is 4.90 Å². The zero-order valence-corrected chi connectivity index (χ0v) is 5.65. The lowest BCUT2D eigenvalue weighted by Crippen LogP contribution is -2.16. The summed E-state index contributed by atoms with van der Waals surface area (Å²) in [7, 11) is 2.06. The molecule has 0 aliphatic rings. The van der Waals surface area contributed by atoms with Gasteiger partial charge in [0.1, 0.15) is 0 Å². The summed E-state index contributed by atoms with van der Waals surface area (Å²) in [5.74, 6) is 0. The second kappa shape index (κ2) is 4.63. The third-order valence-electron chi connectivity index (χ3n) is 1.09. The summed E-state index contributed by atoms with van der Waals surface area (Å²) in [4.78, 5) is 2.18. The van der Waals surface area contributed by atoms with Crippen molar-refractivity contribution < 1.29 is 0 Å². The molecule has 0 N–H and O–H groups in total. The molecule has 1 nitrogen and oxygen atoms in total. The van der Waals surface area contributed by atoms with E-state index in [1.165, 1.54) is 0 Å². The molecule has 0 unspecified atom stereocenters. The second-order valence-corrected chi connectivity index (χ2v) is 1.76. The highest BCUT2D eigenvalue weighted by molar-refractivity contribution is 4.78. The molecule has 0 spiro atoms. The van der Waals surface area contributed by atoms with Gasteiger partial charge in [0.05, 0.1) is 0 Å². The van der Waals surface area contributed by atoms with Crippen LogP contribution >= 0.6 is 0 Å². The summed E-state index contributed by atoms with van der Waals surface area (Å²) in [5.41, 5.74) is 2.72. The molecule has 0 aliphatic carbocycles. The third kappa shape index (κ3) is 3.66. The highest BCUT2D eigenvalue weighted by Gasteiger charge is 1.84. The average molecular weight is 111 g/mol. The molecule has 0 saturated heterocycles. The van der Waals surface area contributed by atoms with Crippen molar-refractivity contribution >= 4 is 0 Å². The van der Waals surface area contributed by atoms with E-state index in [1.54, 1.807) is 0 Å². The lowest BCUT2D eigenvalue weighted by atomic mass is 10.5. The SMILES string of the molecule is C=C=CCN(C)CC. The van der Waals surface area contributed by atoms with Crippen LogP contribution in [0.5, 0.6) is 0 Å². The van der Waals surface area contributed by atoms with Crippen LogP contribution in [0.15, 0.2) is 18.4 Å². The quantitative estimate of drug-likeness (QED) is 0.496. The van der Waals surface area contributed by atoms with Crippen molar-refractivity contribution in [3.63, 3.8) is 0 Å². The van der Waals surface area contributed by atoms with Crippen LogP contribution in [0.1, 0.15) is 6.92 Å². The van der Waals surface area contributed by atoms with Gasteiger partial charge in [-0.05, 0) is 19.7 Å². The Bertz CT molecular complexity index is 90.6. The standard InChI is InChI=1S/C7H13N/c1-4-6-7-8(3)5-2/h6H,1,5,7H2,2-3H3. The van der Waals surface area contributed by atoms with E-state index < -0.39 is 0 Å². The predicted molar refractivity (Wildman–Crippen MR) is 36.9 cm³/mol. The molecular formula is C7H13N. The van der Waals surface area contributed by atoms with Gasteiger partial charge in [0.15, 0.2) is 0 Å². The molecule has 0 amide bonds. The normalized spacial score (nSPS) is 8.88. The summed E-state index contributed by atoms with van der Waals surface area (Å²) < 4.78 is 0. The molecule has 0 aliphatic heterocycles. The molecule has 46 valence electrons. The Kier molecular flexibility index (Phi) is 4.33. The van der Waals surface area contributed by atoms with Crippen molar-refractivity contribution in [2.24, 2.45) is 0 Å². The van der Waals surface area contributed by atoms with Crippen molar-refractivity contribution in [3.05, 3.63) is 18.4 Å². The molecule has 0 fully saturated rings. The van der Waals surface area contributed by atoms with Crippen molar-refractivity contribution in [2.45, 2.75) is 6.92 Å². The van der Waals surface area contributed by atoms with Gasteiger partial charge in [-0.1, -0.05) is 13.5 Å². The van der Waals surface area contributed by atoms with E-state index in [1.807, 2.05) is 6.08 Å². The lowest BCUT2D eigenvalue weighted by Gasteiger charge is -2.07. The number of rotatable bonds is 3. The van der Waals surface area contributed by atoms with Gasteiger partial charge in [0.2, 0.25) is 0 Å². The molecule has 1 heteroatoms. The van der Waals surface area contributed by atoms with Crippen LogP contribution in [0.4, 0.5) is 0 Å². The van der Waals surface area contributed by atoms with E-state index in [0.717, 1.165) is 13.1 Å². The van der Waals surface area contributed by atoms with E-state index in [9.17, 15) is 0 Å². The van der Waals surface area contributed by atoms with Gasteiger partial charge in [0, 0.05) is 6.54 Å². The zero-order valence-electron chi connectivity index (χ0n) is 5.65. The van der Waals surface area contributed by atoms with Crippen molar-refractivity contribution in [1.29, 1.82) is 0 Å². The van der Waals surface area contributed by atoms with E-state index in [2.05, 4.69) is 31.2 Å². The minimum Gasteiger partial charge on any atom is -0.302 e. The maximum absolute atomic E-state index is 3.46. The van der Waals surface area contributed by atoms with Gasteiger partial charge in [-0.15, -0.1) is 5.73 Å². The van der Waals surface area contributed by atoms with E-state index >= 15 is 0 Å². The van der Waals surface area contributed by atoms with Crippen LogP contribution in [0, 0.1) is 0 Å². The maximum atomic E-state index is 3.46. The van der Waals surface area contributed by atoms with Gasteiger partial charge in [-0.2, -0.15) is 0 Å². The molecule has 0 rings (SSSR count). The van der Waals surface area contributed by atoms with Gasteiger partial charge < -0.3 is 4.90 Å². The molecule has 8 heavy (non-hydrogen) atoms. The Hall–Kier alpha value is -0.520. The number of hydrogen-bond acceptors (Lipinski definition) is 1. The van der Waals surface area contributed by atoms with Gasteiger partial charge in [-0.25, -0.2) is 0 Å². The lowest BCUT2D eigenvalue weighted by molar-refractivity contribution is 0.392. The van der Waals surface area contributed by atoms with Crippen LogP contribution in [-0.2, 0) is 0 Å². The van der Waals surface area contributed by atoms with Gasteiger partial charge in [-0.3, -0.25) is 0 Å². The summed E-state index contributed by atoms with van der Waals surface area (Å²) in [6.07, 6.45) is 1.92. The number of hydrogen-bond donors (Lipinski definition) is 0. The summed E-state index contributed by atoms with van der Waals surface area (Å²) in [5, 5.41) is 0. The Morgan fingerprint density at radius 2 is 2.38 bits per heavy atom. The summed E-state index contributed by atoms with van der Waals surface area (Å²) in [6, 6.07) is 0. The highest BCUT2D eigenvalue weighted by Crippen LogP contribution is 1.78. The van der Waals surface area contributed by atoms with Crippen LogP contribution in [0.25, 0.3) is 0 Å². The molecular weight excluding hydrogens is 98.1 g/mol. The van der Waals surface area contributed by atoms with Crippen LogP contribution in [0.2, 0.25) is 0 Å². The zero-order chi connectivity index (χ0) is 6.41. The Morgan fingerprint density at radius 3 is 2.75 bits per heavy atom. The summed E-state index contributed by atoms with van der Waals surface area (Å²) >= 11 is 0. The maximum Gasteiger partial charge on any atom is 0.0234 e. The first-order chi connectivity index (χ1) is 3.81. The molecule has 0 atom stereocenters. The smallest absolute Gasteiger partial charge is 0.0234 e. The predicted octanol–water partition coefficient (Wildman–Crippen LogP) is 1.28. The first-order valence-electron chi connectivity index (χ1n) is 2.84. The number of nitrogens with zero attached hydrogens (tertiary/aromatic N) is 1. The topological polar surface area (TPSA) is 3.24 Å². The van der Waals surface area contributed by atoms with Crippen LogP contribution in [0.3, 0.4) is 0 Å². The van der Waals surface area contributed by atoms with Crippen molar-refractivity contribution in [3.8, 4) is 0 Å². The van der Waals surface area contributed by atoms with E-state index in [4.69, 9.17) is 0 Å². The molecule has 0 bridgehead atoms. The van der Waals surface area contributed by atoms with Crippen LogP contribution < -0.4 is 0 Å². The average Bonchev–Trinajstić information content (AvgIpc) is 1.83. The monoisotopic (exact) mass is 111 g/mol. The highest BCUT2D eigenvalue weighted by atomic mass is 15.1. The Labute approximate surface area is 51.3 Å². The minimum absolute atomic E-state index is 0.958. The molecule has 0 saturated carbocycles. The number of likely N-dealkylation sites (N-methyl/N-ethyl adjacent to an activating group) is 1. The molecule has 0 radical (unpaired) electrons.